The van der Waals surface area contributed by atoms with Gasteiger partial charge in [0, 0.05) is 38.3 Å². The highest BCUT2D eigenvalue weighted by Crippen LogP contribution is 2.09. The Labute approximate surface area is 103 Å². The fraction of sp³-hybridized carbons (Fsp3) is 0.500. The number of nitrogens with zero attached hydrogens (tertiary/aromatic N) is 2. The Kier molecular flexibility index (Phi) is 4.29. The van der Waals surface area contributed by atoms with Crippen LogP contribution in [0.25, 0.3) is 0 Å². The third-order valence-electron chi connectivity index (χ3n) is 3.43. The Bertz CT molecular complexity index is 353. The maximum Gasteiger partial charge on any atom is 0.150 e. The van der Waals surface area contributed by atoms with Crippen molar-refractivity contribution in [2.45, 2.75) is 13.5 Å². The van der Waals surface area contributed by atoms with Gasteiger partial charge in [-0.15, -0.1) is 0 Å². The molecule has 0 aliphatic carbocycles. The molecule has 0 radical (unpaired) electrons. The average molecular weight is 232 g/mol. The summed E-state index contributed by atoms with van der Waals surface area (Å²) in [6, 6.07) is 7.89. The molecule has 1 heterocycles. The summed E-state index contributed by atoms with van der Waals surface area (Å²) >= 11 is 0. The smallest absolute Gasteiger partial charge is 0.150 e. The van der Waals surface area contributed by atoms with Crippen molar-refractivity contribution in [2.75, 3.05) is 32.7 Å². The Morgan fingerprint density at radius 3 is 2.18 bits per heavy atom. The van der Waals surface area contributed by atoms with E-state index in [0.29, 0.717) is 0 Å². The van der Waals surface area contributed by atoms with Gasteiger partial charge in [-0.2, -0.15) is 0 Å². The summed E-state index contributed by atoms with van der Waals surface area (Å²) in [5.41, 5.74) is 2.05. The van der Waals surface area contributed by atoms with E-state index in [4.69, 9.17) is 0 Å². The lowest BCUT2D eigenvalue weighted by atomic mass is 10.1. The van der Waals surface area contributed by atoms with Crippen LogP contribution in [0.4, 0.5) is 0 Å². The molecule has 1 aromatic rings. The van der Waals surface area contributed by atoms with Gasteiger partial charge in [-0.25, -0.2) is 0 Å². The molecule has 92 valence electrons. The van der Waals surface area contributed by atoms with Crippen molar-refractivity contribution >= 4 is 6.29 Å². The van der Waals surface area contributed by atoms with Gasteiger partial charge in [0.25, 0.3) is 0 Å². The molecule has 0 bridgehead atoms. The molecule has 0 spiro atoms. The fourth-order valence-corrected chi connectivity index (χ4v) is 2.22. The topological polar surface area (TPSA) is 23.6 Å². The predicted molar refractivity (Wildman–Crippen MR) is 69.2 cm³/mol. The first-order valence-corrected chi connectivity index (χ1v) is 6.30. The summed E-state index contributed by atoms with van der Waals surface area (Å²) in [7, 11) is 0. The van der Waals surface area contributed by atoms with Crippen LogP contribution in [0.15, 0.2) is 24.3 Å². The number of aldehydes is 1. The molecule has 1 aliphatic rings. The second-order valence-electron chi connectivity index (χ2n) is 4.57. The Morgan fingerprint density at radius 1 is 1.06 bits per heavy atom. The molecule has 0 N–H and O–H groups in total. The van der Waals surface area contributed by atoms with E-state index in [1.54, 1.807) is 0 Å². The zero-order valence-corrected chi connectivity index (χ0v) is 10.4. The Hall–Kier alpha value is -1.19. The standard InChI is InChI=1S/C14H20N2O/c1-2-15-7-9-16(10-8-15)11-13-3-5-14(12-17)6-4-13/h3-6,12H,2,7-11H2,1H3. The third kappa shape index (κ3) is 3.38. The van der Waals surface area contributed by atoms with Gasteiger partial charge in [0.1, 0.15) is 6.29 Å². The lowest BCUT2D eigenvalue weighted by Gasteiger charge is -2.34. The highest BCUT2D eigenvalue weighted by Gasteiger charge is 2.15. The van der Waals surface area contributed by atoms with E-state index in [2.05, 4.69) is 28.9 Å². The summed E-state index contributed by atoms with van der Waals surface area (Å²) in [6.45, 7) is 8.99. The van der Waals surface area contributed by atoms with Gasteiger partial charge < -0.3 is 4.90 Å². The monoisotopic (exact) mass is 232 g/mol. The van der Waals surface area contributed by atoms with E-state index in [-0.39, 0.29) is 0 Å². The summed E-state index contributed by atoms with van der Waals surface area (Å²) in [4.78, 5) is 15.5. The quantitative estimate of drug-likeness (QED) is 0.737. The molecule has 3 heteroatoms. The highest BCUT2D eigenvalue weighted by atomic mass is 16.1. The van der Waals surface area contributed by atoms with Crippen LogP contribution in [0, 0.1) is 0 Å². The van der Waals surface area contributed by atoms with Crippen LogP contribution in [0.3, 0.4) is 0 Å². The number of rotatable bonds is 4. The largest absolute Gasteiger partial charge is 0.301 e. The third-order valence-corrected chi connectivity index (χ3v) is 3.43. The zero-order valence-electron chi connectivity index (χ0n) is 10.4. The van der Waals surface area contributed by atoms with Crippen LogP contribution in [0.1, 0.15) is 22.8 Å². The summed E-state index contributed by atoms with van der Waals surface area (Å²) in [6.07, 6.45) is 0.893. The first kappa shape index (κ1) is 12.3. The minimum atomic E-state index is 0.754. The van der Waals surface area contributed by atoms with Crippen molar-refractivity contribution in [1.82, 2.24) is 9.80 Å². The first-order chi connectivity index (χ1) is 8.31. The molecule has 3 nitrogen and oxygen atoms in total. The number of likely N-dealkylation sites (N-methyl/N-ethyl adjacent to an activating group) is 1. The Balaban J connectivity index is 1.86. The van der Waals surface area contributed by atoms with Crippen molar-refractivity contribution in [3.8, 4) is 0 Å². The van der Waals surface area contributed by atoms with Crippen LogP contribution >= 0.6 is 0 Å². The second-order valence-corrected chi connectivity index (χ2v) is 4.57. The van der Waals surface area contributed by atoms with Gasteiger partial charge >= 0.3 is 0 Å². The van der Waals surface area contributed by atoms with Crippen LogP contribution in [-0.2, 0) is 6.54 Å². The molecule has 1 saturated heterocycles. The number of hydrogen-bond donors (Lipinski definition) is 0. The van der Waals surface area contributed by atoms with E-state index in [1.807, 2.05) is 12.1 Å². The minimum Gasteiger partial charge on any atom is -0.301 e. The normalized spacial score (nSPS) is 18.2. The molecule has 0 unspecified atom stereocenters. The Morgan fingerprint density at radius 2 is 1.65 bits per heavy atom. The maximum absolute atomic E-state index is 10.6. The average Bonchev–Trinajstić information content (AvgIpc) is 2.40. The van der Waals surface area contributed by atoms with Crippen LogP contribution in [0.5, 0.6) is 0 Å². The molecule has 1 aliphatic heterocycles. The summed E-state index contributed by atoms with van der Waals surface area (Å²) < 4.78 is 0. The number of piperazine rings is 1. The van der Waals surface area contributed by atoms with E-state index >= 15 is 0 Å². The van der Waals surface area contributed by atoms with Gasteiger partial charge in [0.2, 0.25) is 0 Å². The fourth-order valence-electron chi connectivity index (χ4n) is 2.22. The van der Waals surface area contributed by atoms with E-state index in [9.17, 15) is 4.79 Å². The van der Waals surface area contributed by atoms with Gasteiger partial charge in [-0.1, -0.05) is 31.2 Å². The zero-order chi connectivity index (χ0) is 12.1. The second kappa shape index (κ2) is 5.94. The molecule has 0 aromatic heterocycles. The van der Waals surface area contributed by atoms with E-state index < -0.39 is 0 Å². The lowest BCUT2D eigenvalue weighted by Crippen LogP contribution is -2.45. The van der Waals surface area contributed by atoms with Crippen LogP contribution in [-0.4, -0.2) is 48.8 Å². The van der Waals surface area contributed by atoms with Crippen molar-refractivity contribution in [1.29, 1.82) is 0 Å². The van der Waals surface area contributed by atoms with E-state index in [0.717, 1.165) is 38.0 Å². The van der Waals surface area contributed by atoms with Crippen molar-refractivity contribution in [3.05, 3.63) is 35.4 Å². The van der Waals surface area contributed by atoms with Crippen LogP contribution in [0.2, 0.25) is 0 Å². The highest BCUT2D eigenvalue weighted by molar-refractivity contribution is 5.74. The minimum absolute atomic E-state index is 0.754. The summed E-state index contributed by atoms with van der Waals surface area (Å²) in [5, 5.41) is 0. The number of carbonyl (C=O) groups is 1. The summed E-state index contributed by atoms with van der Waals surface area (Å²) in [5.74, 6) is 0. The molecule has 0 saturated carbocycles. The molecule has 17 heavy (non-hydrogen) atoms. The molecule has 0 amide bonds. The van der Waals surface area contributed by atoms with Crippen LogP contribution < -0.4 is 0 Å². The lowest BCUT2D eigenvalue weighted by molar-refractivity contribution is 0.112. The van der Waals surface area contributed by atoms with Gasteiger partial charge in [0.15, 0.2) is 0 Å². The molecular weight excluding hydrogens is 212 g/mol. The number of benzene rings is 1. The molecular formula is C14H20N2O. The molecule has 0 atom stereocenters. The van der Waals surface area contributed by atoms with Crippen molar-refractivity contribution < 1.29 is 4.79 Å². The van der Waals surface area contributed by atoms with Gasteiger partial charge in [0.05, 0.1) is 0 Å². The SMILES string of the molecule is CCN1CCN(Cc2ccc(C=O)cc2)CC1. The van der Waals surface area contributed by atoms with Gasteiger partial charge in [-0.3, -0.25) is 9.69 Å². The number of hydrogen-bond acceptors (Lipinski definition) is 3. The van der Waals surface area contributed by atoms with Gasteiger partial charge in [-0.05, 0) is 12.1 Å². The molecule has 1 fully saturated rings. The molecule has 2 rings (SSSR count). The van der Waals surface area contributed by atoms with Crippen molar-refractivity contribution in [3.63, 3.8) is 0 Å². The maximum atomic E-state index is 10.6. The van der Waals surface area contributed by atoms with E-state index in [1.165, 1.54) is 18.7 Å². The van der Waals surface area contributed by atoms with Crippen molar-refractivity contribution in [2.24, 2.45) is 0 Å². The number of carbonyl (C=O) groups excluding carboxylic acids is 1. The first-order valence-electron chi connectivity index (χ1n) is 6.30. The predicted octanol–water partition coefficient (Wildman–Crippen LogP) is 1.64. The molecule has 1 aromatic carbocycles.